The third-order valence-electron chi connectivity index (χ3n) is 5.95. The molecule has 4 rings (SSSR count). The first-order valence-corrected chi connectivity index (χ1v) is 11.2. The van der Waals surface area contributed by atoms with E-state index in [0.717, 1.165) is 24.4 Å². The van der Waals surface area contributed by atoms with E-state index in [1.807, 2.05) is 0 Å². The molecule has 0 atom stereocenters. The van der Waals surface area contributed by atoms with E-state index in [0.29, 0.717) is 31.9 Å². The number of alkyl halides is 3. The van der Waals surface area contributed by atoms with E-state index in [4.69, 9.17) is 0 Å². The molecule has 1 N–H and O–H groups in total. The van der Waals surface area contributed by atoms with Crippen molar-refractivity contribution in [3.8, 4) is 11.4 Å². The van der Waals surface area contributed by atoms with Gasteiger partial charge in [-0.1, -0.05) is 6.07 Å². The van der Waals surface area contributed by atoms with Crippen molar-refractivity contribution in [1.82, 2.24) is 15.0 Å². The predicted octanol–water partition coefficient (Wildman–Crippen LogP) is 5.78. The molecule has 2 heterocycles. The number of carbonyl (C=O) groups is 2. The largest absolute Gasteiger partial charge is 0.417 e. The van der Waals surface area contributed by atoms with Gasteiger partial charge in [0.2, 0.25) is 0 Å². The summed E-state index contributed by atoms with van der Waals surface area (Å²) in [5, 5.41) is 2.83. The van der Waals surface area contributed by atoms with Gasteiger partial charge in [-0.25, -0.2) is 18.7 Å². The van der Waals surface area contributed by atoms with Crippen LogP contribution in [0, 0.1) is 17.6 Å². The Labute approximate surface area is 203 Å². The Hall–Kier alpha value is -3.76. The van der Waals surface area contributed by atoms with E-state index in [1.54, 1.807) is 0 Å². The number of nitrogens with one attached hydrogen (secondary N) is 1. The van der Waals surface area contributed by atoms with Gasteiger partial charge >= 0.3 is 6.18 Å². The number of benzene rings is 1. The second-order valence-corrected chi connectivity index (χ2v) is 8.62. The molecule has 36 heavy (non-hydrogen) atoms. The third kappa shape index (κ3) is 6.27. The number of hydrogen-bond donors (Lipinski definition) is 1. The van der Waals surface area contributed by atoms with E-state index in [2.05, 4.69) is 20.3 Å². The Morgan fingerprint density at radius 1 is 1.03 bits per heavy atom. The fourth-order valence-electron chi connectivity index (χ4n) is 3.95. The normalized spacial score (nSPS) is 14.6. The van der Waals surface area contributed by atoms with Crippen molar-refractivity contribution in [1.29, 1.82) is 0 Å². The molecule has 1 aliphatic rings. The van der Waals surface area contributed by atoms with Crippen LogP contribution in [0.3, 0.4) is 0 Å². The zero-order valence-electron chi connectivity index (χ0n) is 18.9. The first-order chi connectivity index (χ1) is 17.1. The topological polar surface area (TPSA) is 84.8 Å². The molecule has 0 aliphatic heterocycles. The first-order valence-electron chi connectivity index (χ1n) is 11.2. The zero-order chi connectivity index (χ0) is 25.9. The SMILES string of the molecule is O=C1CCC(CC(=O)c2cc(NCc3ccc(F)cc3F)nc(-c3cncc(C(F)(F)F)c3)n2)CC1. The fraction of sp³-hybridized carbons (Fsp3) is 0.320. The number of rotatable bonds is 7. The van der Waals surface area contributed by atoms with E-state index in [9.17, 15) is 31.5 Å². The van der Waals surface area contributed by atoms with E-state index in [1.165, 1.54) is 12.1 Å². The number of aromatic nitrogens is 3. The predicted molar refractivity (Wildman–Crippen MR) is 120 cm³/mol. The minimum atomic E-state index is -4.64. The Morgan fingerprint density at radius 3 is 2.47 bits per heavy atom. The molecule has 11 heteroatoms. The number of nitrogens with zero attached hydrogens (tertiary/aromatic N) is 3. The molecule has 0 bridgehead atoms. The number of carbonyl (C=O) groups excluding carboxylic acids is 2. The molecule has 0 spiro atoms. The summed E-state index contributed by atoms with van der Waals surface area (Å²) in [6.45, 7) is -0.123. The van der Waals surface area contributed by atoms with Crippen LogP contribution in [0.5, 0.6) is 0 Å². The van der Waals surface area contributed by atoms with Gasteiger partial charge in [-0.3, -0.25) is 14.6 Å². The second kappa shape index (κ2) is 10.5. The van der Waals surface area contributed by atoms with Gasteiger partial charge in [-0.2, -0.15) is 13.2 Å². The highest BCUT2D eigenvalue weighted by molar-refractivity contribution is 5.95. The highest BCUT2D eigenvalue weighted by Gasteiger charge is 2.31. The van der Waals surface area contributed by atoms with Crippen LogP contribution in [0.25, 0.3) is 11.4 Å². The van der Waals surface area contributed by atoms with Gasteiger partial charge in [0.1, 0.15) is 28.9 Å². The molecular formula is C25H21F5N4O2. The molecule has 0 amide bonds. The van der Waals surface area contributed by atoms with Gasteiger partial charge in [-0.15, -0.1) is 0 Å². The van der Waals surface area contributed by atoms with Crippen LogP contribution in [0.2, 0.25) is 0 Å². The molecule has 1 saturated carbocycles. The van der Waals surface area contributed by atoms with Gasteiger partial charge in [0.05, 0.1) is 5.56 Å². The van der Waals surface area contributed by atoms with Gasteiger partial charge in [0, 0.05) is 61.5 Å². The summed E-state index contributed by atoms with van der Waals surface area (Å²) in [7, 11) is 0. The summed E-state index contributed by atoms with van der Waals surface area (Å²) in [6.07, 6.45) is -0.747. The van der Waals surface area contributed by atoms with Crippen molar-refractivity contribution in [2.45, 2.75) is 44.8 Å². The summed E-state index contributed by atoms with van der Waals surface area (Å²) in [5.41, 5.74) is -0.970. The lowest BCUT2D eigenvalue weighted by molar-refractivity contribution is -0.137. The number of Topliss-reactive ketones (excluding diaryl/α,β-unsaturated/α-hetero) is 2. The number of ketones is 2. The minimum Gasteiger partial charge on any atom is -0.366 e. The average Bonchev–Trinajstić information content (AvgIpc) is 2.84. The quantitative estimate of drug-likeness (QED) is 0.324. The van der Waals surface area contributed by atoms with Crippen molar-refractivity contribution in [2.24, 2.45) is 5.92 Å². The number of halogens is 5. The third-order valence-corrected chi connectivity index (χ3v) is 5.95. The molecule has 3 aromatic rings. The molecule has 0 unspecified atom stereocenters. The smallest absolute Gasteiger partial charge is 0.366 e. The fourth-order valence-corrected chi connectivity index (χ4v) is 3.95. The maximum Gasteiger partial charge on any atom is 0.417 e. The van der Waals surface area contributed by atoms with E-state index < -0.39 is 23.4 Å². The van der Waals surface area contributed by atoms with Gasteiger partial charge in [0.25, 0.3) is 0 Å². The molecule has 0 radical (unpaired) electrons. The summed E-state index contributed by atoms with van der Waals surface area (Å²) >= 11 is 0. The van der Waals surface area contributed by atoms with Gasteiger partial charge in [0.15, 0.2) is 11.6 Å². The molecular weight excluding hydrogens is 483 g/mol. The monoisotopic (exact) mass is 504 g/mol. The summed E-state index contributed by atoms with van der Waals surface area (Å²) in [6, 6.07) is 5.21. The highest BCUT2D eigenvalue weighted by Crippen LogP contribution is 2.31. The lowest BCUT2D eigenvalue weighted by Crippen LogP contribution is -2.18. The Bertz CT molecular complexity index is 1290. The molecule has 1 aliphatic carbocycles. The number of anilines is 1. The van der Waals surface area contributed by atoms with Crippen LogP contribution < -0.4 is 5.32 Å². The minimum absolute atomic E-state index is 0.00596. The Balaban J connectivity index is 1.64. The molecule has 1 aromatic carbocycles. The van der Waals surface area contributed by atoms with Crippen molar-refractivity contribution in [3.63, 3.8) is 0 Å². The molecule has 6 nitrogen and oxygen atoms in total. The summed E-state index contributed by atoms with van der Waals surface area (Å²) in [5.74, 6) is -1.83. The van der Waals surface area contributed by atoms with Gasteiger partial charge < -0.3 is 5.32 Å². The number of pyridine rings is 1. The first kappa shape index (κ1) is 25.3. The van der Waals surface area contributed by atoms with Crippen molar-refractivity contribution in [3.05, 3.63) is 71.2 Å². The van der Waals surface area contributed by atoms with Crippen LogP contribution >= 0.6 is 0 Å². The van der Waals surface area contributed by atoms with Gasteiger partial charge in [-0.05, 0) is 30.9 Å². The zero-order valence-corrected chi connectivity index (χ0v) is 18.9. The average molecular weight is 504 g/mol. The number of hydrogen-bond acceptors (Lipinski definition) is 6. The molecule has 1 fully saturated rings. The Morgan fingerprint density at radius 2 is 1.78 bits per heavy atom. The van der Waals surface area contributed by atoms with Crippen molar-refractivity contribution >= 4 is 17.4 Å². The van der Waals surface area contributed by atoms with Crippen LogP contribution in [0.4, 0.5) is 27.8 Å². The van der Waals surface area contributed by atoms with Crippen LogP contribution in [0.15, 0.2) is 42.7 Å². The maximum absolute atomic E-state index is 14.0. The standard InChI is InChI=1S/C25H21F5N4O2/c26-18-4-3-15(20(27)9-18)12-32-23-10-21(22(36)7-14-1-5-19(35)6-2-14)33-24(34-23)16-8-17(13-31-11-16)25(28,29)30/h3-4,8-11,13-14H,1-2,5-7,12H2,(H,32,33,34). The highest BCUT2D eigenvalue weighted by atomic mass is 19.4. The summed E-state index contributed by atoms with van der Waals surface area (Å²) < 4.78 is 66.8. The molecule has 188 valence electrons. The van der Waals surface area contributed by atoms with Crippen molar-refractivity contribution in [2.75, 3.05) is 5.32 Å². The lowest BCUT2D eigenvalue weighted by atomic mass is 9.84. The molecule has 0 saturated heterocycles. The van der Waals surface area contributed by atoms with Crippen LogP contribution in [-0.2, 0) is 17.5 Å². The van der Waals surface area contributed by atoms with E-state index >= 15 is 0 Å². The van der Waals surface area contributed by atoms with E-state index in [-0.39, 0.29) is 58.9 Å². The van der Waals surface area contributed by atoms with Crippen LogP contribution in [-0.4, -0.2) is 26.5 Å². The van der Waals surface area contributed by atoms with Crippen LogP contribution in [0.1, 0.15) is 53.7 Å². The molecule has 2 aromatic heterocycles. The lowest BCUT2D eigenvalue weighted by Gasteiger charge is -2.20. The Kier molecular flexibility index (Phi) is 7.37. The second-order valence-electron chi connectivity index (χ2n) is 8.62. The summed E-state index contributed by atoms with van der Waals surface area (Å²) in [4.78, 5) is 36.5. The maximum atomic E-state index is 14.0. The van der Waals surface area contributed by atoms with Crippen molar-refractivity contribution < 1.29 is 31.5 Å².